The minimum absolute atomic E-state index is 0.00318. The van der Waals surface area contributed by atoms with Gasteiger partial charge in [-0.25, -0.2) is 0 Å². The summed E-state index contributed by atoms with van der Waals surface area (Å²) in [4.78, 5) is 16.2. The first-order valence-electron chi connectivity index (χ1n) is 9.83. The van der Waals surface area contributed by atoms with E-state index in [0.717, 1.165) is 0 Å². The van der Waals surface area contributed by atoms with Crippen molar-refractivity contribution in [3.63, 3.8) is 0 Å². The lowest BCUT2D eigenvalue weighted by Gasteiger charge is -2.33. The summed E-state index contributed by atoms with van der Waals surface area (Å²) in [6.45, 7) is 3.01. The molecule has 2 N–H and O–H groups in total. The van der Waals surface area contributed by atoms with Crippen LogP contribution in [0.5, 0.6) is 0 Å². The van der Waals surface area contributed by atoms with Crippen LogP contribution in [0.3, 0.4) is 0 Å². The van der Waals surface area contributed by atoms with E-state index in [1.165, 1.54) is 36.7 Å². The Morgan fingerprint density at radius 1 is 1.03 bits per heavy atom. The molecule has 10 heteroatoms. The van der Waals surface area contributed by atoms with Gasteiger partial charge in [0, 0.05) is 12.4 Å². The maximum atomic E-state index is 14.5. The minimum atomic E-state index is -5.85. The van der Waals surface area contributed by atoms with Gasteiger partial charge in [0.1, 0.15) is 12.6 Å². The van der Waals surface area contributed by atoms with Gasteiger partial charge in [-0.3, -0.25) is 15.1 Å². The number of hydrogen-bond donors (Lipinski definition) is 2. The summed E-state index contributed by atoms with van der Waals surface area (Å²) in [5.41, 5.74) is 0.995. The van der Waals surface area contributed by atoms with Crippen LogP contribution in [0.2, 0.25) is 0 Å². The monoisotopic (exact) mass is 454 g/mol. The number of alkyl halides is 5. The van der Waals surface area contributed by atoms with Crippen LogP contribution in [-0.4, -0.2) is 35.6 Å². The summed E-state index contributed by atoms with van der Waals surface area (Å²) in [5.74, 6) is -6.16. The summed E-state index contributed by atoms with van der Waals surface area (Å²) in [6, 6.07) is 6.36. The lowest BCUT2D eigenvalue weighted by Crippen LogP contribution is -2.54. The number of carbonyl (C=O) groups is 1. The summed E-state index contributed by atoms with van der Waals surface area (Å²) >= 11 is 0. The van der Waals surface area contributed by atoms with E-state index >= 15 is 0 Å². The van der Waals surface area contributed by atoms with Crippen molar-refractivity contribution in [2.24, 2.45) is 5.92 Å². The molecule has 0 unspecified atom stereocenters. The molecule has 1 aromatic heterocycles. The van der Waals surface area contributed by atoms with Crippen LogP contribution in [0.4, 0.5) is 22.0 Å². The number of nitrogens with one attached hydrogen (secondary N) is 2. The number of pyridine rings is 1. The van der Waals surface area contributed by atoms with Crippen molar-refractivity contribution in [2.45, 2.75) is 44.5 Å². The second-order valence-corrected chi connectivity index (χ2v) is 7.64. The van der Waals surface area contributed by atoms with Crippen molar-refractivity contribution in [2.75, 3.05) is 6.54 Å². The Balaban J connectivity index is 2.43. The number of hydrogen-bond acceptors (Lipinski definition) is 4. The van der Waals surface area contributed by atoms with Crippen LogP contribution in [0, 0.1) is 17.2 Å². The number of aromatic nitrogens is 1. The zero-order valence-corrected chi connectivity index (χ0v) is 17.5. The Hall–Kier alpha value is -3.06. The van der Waals surface area contributed by atoms with Gasteiger partial charge >= 0.3 is 12.1 Å². The molecule has 0 aliphatic heterocycles. The highest BCUT2D eigenvalue weighted by Gasteiger charge is 2.63. The second kappa shape index (κ2) is 10.5. The number of carbonyl (C=O) groups excluding carboxylic acids is 1. The molecule has 0 bridgehead atoms. The first kappa shape index (κ1) is 25.2. The van der Waals surface area contributed by atoms with Gasteiger partial charge in [-0.2, -0.15) is 27.2 Å². The average Bonchev–Trinajstić information content (AvgIpc) is 2.74. The van der Waals surface area contributed by atoms with Crippen LogP contribution in [0.15, 0.2) is 48.8 Å². The first-order chi connectivity index (χ1) is 15.0. The number of rotatable bonds is 9. The average molecular weight is 454 g/mol. The molecular formula is C22H23F5N4O. The lowest BCUT2D eigenvalue weighted by molar-refractivity contribution is -0.295. The van der Waals surface area contributed by atoms with E-state index in [1.807, 2.05) is 0 Å². The van der Waals surface area contributed by atoms with Gasteiger partial charge < -0.3 is 5.32 Å². The van der Waals surface area contributed by atoms with E-state index in [9.17, 15) is 26.7 Å². The molecule has 0 aliphatic rings. The third-order valence-corrected chi connectivity index (χ3v) is 4.73. The molecule has 2 atom stereocenters. The standard InChI is InChI=1S/C22H23F5N4O/c1-14(2)13-18(20(32)30-12-9-28)31-19(21(23,24)22(25,26)27)17-5-3-15(4-6-17)16-7-10-29-11-8-16/h3-8,10-11,14,18-19,31H,12-13H2,1-2H3,(H,30,32)/t18-,19-/m0/s1. The molecule has 0 saturated carbocycles. The van der Waals surface area contributed by atoms with Crippen LogP contribution < -0.4 is 10.6 Å². The van der Waals surface area contributed by atoms with Gasteiger partial charge in [0.05, 0.1) is 12.1 Å². The predicted molar refractivity (Wildman–Crippen MR) is 108 cm³/mol. The van der Waals surface area contributed by atoms with Gasteiger partial charge in [0.15, 0.2) is 0 Å². The van der Waals surface area contributed by atoms with Gasteiger partial charge in [-0.1, -0.05) is 38.1 Å². The van der Waals surface area contributed by atoms with Crippen LogP contribution in [0.25, 0.3) is 11.1 Å². The molecule has 172 valence electrons. The third-order valence-electron chi connectivity index (χ3n) is 4.73. The fourth-order valence-electron chi connectivity index (χ4n) is 3.16. The maximum Gasteiger partial charge on any atom is 0.455 e. The number of nitriles is 1. The van der Waals surface area contributed by atoms with E-state index in [1.54, 1.807) is 32.0 Å². The minimum Gasteiger partial charge on any atom is -0.342 e. The highest BCUT2D eigenvalue weighted by molar-refractivity contribution is 5.82. The van der Waals surface area contributed by atoms with E-state index in [0.29, 0.717) is 11.1 Å². The van der Waals surface area contributed by atoms with Crippen molar-refractivity contribution in [1.82, 2.24) is 15.6 Å². The summed E-state index contributed by atoms with van der Waals surface area (Å²) in [7, 11) is 0. The number of nitrogens with zero attached hydrogens (tertiary/aromatic N) is 2. The Morgan fingerprint density at radius 2 is 1.59 bits per heavy atom. The van der Waals surface area contributed by atoms with Crippen LogP contribution in [0.1, 0.15) is 31.9 Å². The molecule has 0 aliphatic carbocycles. The van der Waals surface area contributed by atoms with Crippen molar-refractivity contribution >= 4 is 5.91 Å². The molecule has 1 aromatic carbocycles. The van der Waals surface area contributed by atoms with E-state index < -0.39 is 36.6 Å². The molecule has 1 heterocycles. The van der Waals surface area contributed by atoms with Gasteiger partial charge in [0.2, 0.25) is 5.91 Å². The molecule has 0 fully saturated rings. The highest BCUT2D eigenvalue weighted by atomic mass is 19.4. The quantitative estimate of drug-likeness (QED) is 0.428. The normalized spacial score (nSPS) is 14.0. The van der Waals surface area contributed by atoms with Gasteiger partial charge in [0.25, 0.3) is 0 Å². The van der Waals surface area contributed by atoms with E-state index in [-0.39, 0.29) is 17.9 Å². The highest BCUT2D eigenvalue weighted by Crippen LogP contribution is 2.45. The fourth-order valence-corrected chi connectivity index (χ4v) is 3.16. The van der Waals surface area contributed by atoms with Crippen molar-refractivity contribution in [1.29, 1.82) is 5.26 Å². The van der Waals surface area contributed by atoms with Crippen LogP contribution >= 0.6 is 0 Å². The molecule has 0 radical (unpaired) electrons. The van der Waals surface area contributed by atoms with Gasteiger partial charge in [-0.15, -0.1) is 0 Å². The Labute approximate surface area is 182 Å². The van der Waals surface area contributed by atoms with Gasteiger partial charge in [-0.05, 0) is 41.2 Å². The van der Waals surface area contributed by atoms with Crippen molar-refractivity contribution in [3.8, 4) is 17.2 Å². The zero-order valence-electron chi connectivity index (χ0n) is 17.5. The number of amides is 1. The summed E-state index contributed by atoms with van der Waals surface area (Å²) in [5, 5.41) is 13.1. The Kier molecular flexibility index (Phi) is 8.27. The number of halogens is 5. The maximum absolute atomic E-state index is 14.5. The summed E-state index contributed by atoms with van der Waals surface area (Å²) < 4.78 is 68.9. The van der Waals surface area contributed by atoms with Crippen molar-refractivity contribution < 1.29 is 26.7 Å². The van der Waals surface area contributed by atoms with E-state index in [2.05, 4.69) is 15.6 Å². The smallest absolute Gasteiger partial charge is 0.342 e. The first-order valence-corrected chi connectivity index (χ1v) is 9.83. The molecule has 0 saturated heterocycles. The molecular weight excluding hydrogens is 431 g/mol. The predicted octanol–water partition coefficient (Wildman–Crippen LogP) is 4.63. The zero-order chi connectivity index (χ0) is 23.9. The Morgan fingerprint density at radius 3 is 2.09 bits per heavy atom. The topological polar surface area (TPSA) is 77.8 Å². The lowest BCUT2D eigenvalue weighted by atomic mass is 9.94. The largest absolute Gasteiger partial charge is 0.455 e. The fraction of sp³-hybridized carbons (Fsp3) is 0.409. The van der Waals surface area contributed by atoms with Crippen molar-refractivity contribution in [3.05, 3.63) is 54.4 Å². The molecule has 5 nitrogen and oxygen atoms in total. The van der Waals surface area contributed by atoms with E-state index in [4.69, 9.17) is 5.26 Å². The number of benzene rings is 1. The molecule has 2 rings (SSSR count). The molecule has 0 spiro atoms. The van der Waals surface area contributed by atoms with Crippen LogP contribution in [-0.2, 0) is 4.79 Å². The summed E-state index contributed by atoms with van der Waals surface area (Å²) in [6.07, 6.45) is -2.79. The second-order valence-electron chi connectivity index (χ2n) is 7.64. The Bertz CT molecular complexity index is 924. The molecule has 1 amide bonds. The SMILES string of the molecule is CC(C)C[C@H](N[C@@H](c1ccc(-c2ccncc2)cc1)C(F)(F)C(F)(F)F)C(=O)NCC#N. The third kappa shape index (κ3) is 6.23. The molecule has 32 heavy (non-hydrogen) atoms. The molecule has 2 aromatic rings.